The van der Waals surface area contributed by atoms with E-state index in [1.54, 1.807) is 7.11 Å². The quantitative estimate of drug-likeness (QED) is 0.805. The van der Waals surface area contributed by atoms with Crippen LogP contribution in [-0.4, -0.2) is 36.1 Å². The van der Waals surface area contributed by atoms with E-state index in [2.05, 4.69) is 25.9 Å². The zero-order valence-electron chi connectivity index (χ0n) is 8.40. The van der Waals surface area contributed by atoms with E-state index in [1.165, 1.54) is 0 Å². The van der Waals surface area contributed by atoms with Crippen LogP contribution in [-0.2, 0) is 11.8 Å². The third kappa shape index (κ3) is 1.79. The Morgan fingerprint density at radius 1 is 1.64 bits per heavy atom. The van der Waals surface area contributed by atoms with Crippen molar-refractivity contribution in [2.45, 2.75) is 12.5 Å². The first-order chi connectivity index (χ1) is 6.70. The molecule has 14 heavy (non-hydrogen) atoms. The average molecular weight is 260 g/mol. The highest BCUT2D eigenvalue weighted by molar-refractivity contribution is 9.10. The molecule has 0 saturated carbocycles. The summed E-state index contributed by atoms with van der Waals surface area (Å²) in [4.78, 5) is 2.30. The van der Waals surface area contributed by atoms with Crippen LogP contribution >= 0.6 is 15.9 Å². The van der Waals surface area contributed by atoms with Crippen LogP contribution in [0.1, 0.15) is 6.42 Å². The lowest BCUT2D eigenvalue weighted by Gasteiger charge is -2.17. The number of rotatable bonds is 2. The van der Waals surface area contributed by atoms with Gasteiger partial charge in [-0.1, -0.05) is 0 Å². The zero-order valence-corrected chi connectivity index (χ0v) is 9.99. The molecule has 1 atom stereocenters. The largest absolute Gasteiger partial charge is 0.380 e. The van der Waals surface area contributed by atoms with Crippen molar-refractivity contribution < 1.29 is 4.74 Å². The van der Waals surface area contributed by atoms with Crippen molar-refractivity contribution in [3.63, 3.8) is 0 Å². The van der Waals surface area contributed by atoms with Crippen LogP contribution in [0.5, 0.6) is 0 Å². The lowest BCUT2D eigenvalue weighted by Crippen LogP contribution is -2.24. The second kappa shape index (κ2) is 3.90. The van der Waals surface area contributed by atoms with Gasteiger partial charge in [-0.15, -0.1) is 0 Å². The SMILES string of the molecule is CO[C@@H]1CCN(c2cc(Br)nn2C)C1. The van der Waals surface area contributed by atoms with Crippen LogP contribution in [0.3, 0.4) is 0 Å². The van der Waals surface area contributed by atoms with Gasteiger partial charge in [-0.05, 0) is 22.4 Å². The van der Waals surface area contributed by atoms with Gasteiger partial charge in [0.05, 0.1) is 6.10 Å². The average Bonchev–Trinajstić information content (AvgIpc) is 2.71. The van der Waals surface area contributed by atoms with Crippen molar-refractivity contribution in [2.75, 3.05) is 25.1 Å². The molecule has 1 saturated heterocycles. The third-order valence-electron chi connectivity index (χ3n) is 2.63. The van der Waals surface area contributed by atoms with Crippen LogP contribution in [0, 0.1) is 0 Å². The second-order valence-corrected chi connectivity index (χ2v) is 4.35. The van der Waals surface area contributed by atoms with E-state index in [0.29, 0.717) is 6.10 Å². The minimum Gasteiger partial charge on any atom is -0.380 e. The molecule has 0 N–H and O–H groups in total. The highest BCUT2D eigenvalue weighted by atomic mass is 79.9. The molecular weight excluding hydrogens is 246 g/mol. The van der Waals surface area contributed by atoms with Crippen molar-refractivity contribution in [3.8, 4) is 0 Å². The maximum atomic E-state index is 5.33. The van der Waals surface area contributed by atoms with E-state index in [1.807, 2.05) is 17.8 Å². The third-order valence-corrected chi connectivity index (χ3v) is 3.02. The number of hydrogen-bond acceptors (Lipinski definition) is 3. The summed E-state index contributed by atoms with van der Waals surface area (Å²) in [5, 5.41) is 4.26. The fraction of sp³-hybridized carbons (Fsp3) is 0.667. The van der Waals surface area contributed by atoms with E-state index < -0.39 is 0 Å². The van der Waals surface area contributed by atoms with Crippen molar-refractivity contribution in [3.05, 3.63) is 10.7 Å². The first-order valence-electron chi connectivity index (χ1n) is 4.68. The molecule has 78 valence electrons. The predicted molar refractivity (Wildman–Crippen MR) is 58.5 cm³/mol. The van der Waals surface area contributed by atoms with E-state index in [0.717, 1.165) is 29.9 Å². The maximum absolute atomic E-state index is 5.33. The predicted octanol–water partition coefficient (Wildman–Crippen LogP) is 1.41. The van der Waals surface area contributed by atoms with Gasteiger partial charge in [-0.25, -0.2) is 0 Å². The fourth-order valence-electron chi connectivity index (χ4n) is 1.85. The molecule has 0 unspecified atom stereocenters. The van der Waals surface area contributed by atoms with Gasteiger partial charge < -0.3 is 9.64 Å². The Bertz CT molecular complexity index is 326. The van der Waals surface area contributed by atoms with Crippen molar-refractivity contribution in [1.29, 1.82) is 0 Å². The molecule has 2 rings (SSSR count). The van der Waals surface area contributed by atoms with Crippen LogP contribution in [0.15, 0.2) is 10.7 Å². The molecular formula is C9H14BrN3O. The molecule has 0 aliphatic carbocycles. The summed E-state index contributed by atoms with van der Waals surface area (Å²) in [6.45, 7) is 2.01. The summed E-state index contributed by atoms with van der Waals surface area (Å²) < 4.78 is 8.10. The van der Waals surface area contributed by atoms with E-state index >= 15 is 0 Å². The Balaban J connectivity index is 2.13. The van der Waals surface area contributed by atoms with Gasteiger partial charge in [0.15, 0.2) is 0 Å². The number of hydrogen-bond donors (Lipinski definition) is 0. The fourth-order valence-corrected chi connectivity index (χ4v) is 2.29. The number of nitrogens with zero attached hydrogens (tertiary/aromatic N) is 3. The summed E-state index contributed by atoms with van der Waals surface area (Å²) in [7, 11) is 3.73. The minimum atomic E-state index is 0.365. The molecule has 0 aromatic carbocycles. The summed E-state index contributed by atoms with van der Waals surface area (Å²) in [6, 6.07) is 2.04. The maximum Gasteiger partial charge on any atom is 0.130 e. The molecule has 2 heterocycles. The minimum absolute atomic E-state index is 0.365. The van der Waals surface area contributed by atoms with Gasteiger partial charge >= 0.3 is 0 Å². The van der Waals surface area contributed by atoms with E-state index in [9.17, 15) is 0 Å². The number of halogens is 1. The topological polar surface area (TPSA) is 30.3 Å². The van der Waals surface area contributed by atoms with Gasteiger partial charge in [-0.2, -0.15) is 5.10 Å². The first-order valence-corrected chi connectivity index (χ1v) is 5.47. The first kappa shape index (κ1) is 9.98. The Hall–Kier alpha value is -0.550. The molecule has 0 radical (unpaired) electrons. The van der Waals surface area contributed by atoms with E-state index in [-0.39, 0.29) is 0 Å². The van der Waals surface area contributed by atoms with Crippen LogP contribution in [0.2, 0.25) is 0 Å². The molecule has 0 amide bonds. The Morgan fingerprint density at radius 2 is 2.43 bits per heavy atom. The summed E-state index contributed by atoms with van der Waals surface area (Å²) in [5.41, 5.74) is 0. The van der Waals surface area contributed by atoms with Crippen molar-refractivity contribution >= 4 is 21.7 Å². The smallest absolute Gasteiger partial charge is 0.130 e. The standard InChI is InChI=1S/C9H14BrN3O/c1-12-9(5-8(10)11-12)13-4-3-7(6-13)14-2/h5,7H,3-4,6H2,1-2H3/t7-/m1/s1. The normalized spacial score (nSPS) is 21.9. The Morgan fingerprint density at radius 3 is 2.93 bits per heavy atom. The second-order valence-electron chi connectivity index (χ2n) is 3.54. The molecule has 1 aliphatic rings. The lowest BCUT2D eigenvalue weighted by molar-refractivity contribution is 0.121. The van der Waals surface area contributed by atoms with Crippen LogP contribution < -0.4 is 4.90 Å². The van der Waals surface area contributed by atoms with Gasteiger partial charge in [-0.3, -0.25) is 4.68 Å². The number of anilines is 1. The Kier molecular flexibility index (Phi) is 2.78. The summed E-state index contributed by atoms with van der Waals surface area (Å²) in [6.07, 6.45) is 1.46. The summed E-state index contributed by atoms with van der Waals surface area (Å²) >= 11 is 3.37. The van der Waals surface area contributed by atoms with E-state index in [4.69, 9.17) is 4.74 Å². The van der Waals surface area contributed by atoms with Crippen LogP contribution in [0.25, 0.3) is 0 Å². The molecule has 4 nitrogen and oxygen atoms in total. The molecule has 5 heteroatoms. The number of aromatic nitrogens is 2. The van der Waals surface area contributed by atoms with Gasteiger partial charge in [0, 0.05) is 33.3 Å². The molecule has 1 fully saturated rings. The summed E-state index contributed by atoms with van der Waals surface area (Å²) in [5.74, 6) is 1.15. The molecule has 1 aromatic heterocycles. The van der Waals surface area contributed by atoms with Gasteiger partial charge in [0.25, 0.3) is 0 Å². The number of aryl methyl sites for hydroxylation is 1. The van der Waals surface area contributed by atoms with Gasteiger partial charge in [0.1, 0.15) is 10.4 Å². The highest BCUT2D eigenvalue weighted by Crippen LogP contribution is 2.23. The number of methoxy groups -OCH3 is 1. The van der Waals surface area contributed by atoms with Crippen molar-refractivity contribution in [1.82, 2.24) is 9.78 Å². The number of ether oxygens (including phenoxy) is 1. The van der Waals surface area contributed by atoms with Gasteiger partial charge in [0.2, 0.25) is 0 Å². The highest BCUT2D eigenvalue weighted by Gasteiger charge is 2.24. The molecule has 0 spiro atoms. The van der Waals surface area contributed by atoms with Crippen molar-refractivity contribution in [2.24, 2.45) is 7.05 Å². The van der Waals surface area contributed by atoms with Crippen LogP contribution in [0.4, 0.5) is 5.82 Å². The zero-order chi connectivity index (χ0) is 10.1. The molecule has 0 bridgehead atoms. The molecule has 1 aromatic rings. The Labute approximate surface area is 92.0 Å². The molecule has 1 aliphatic heterocycles. The monoisotopic (exact) mass is 259 g/mol. The lowest BCUT2D eigenvalue weighted by atomic mass is 10.3.